The average Bonchev–Trinajstić information content (AvgIpc) is 2.33. The third kappa shape index (κ3) is 2.79. The Balaban J connectivity index is 2.50. The Hall–Kier alpha value is -0.380. The summed E-state index contributed by atoms with van der Waals surface area (Å²) in [5, 5.41) is 0.504. The van der Waals surface area contributed by atoms with Gasteiger partial charge in [0.2, 0.25) is 0 Å². The van der Waals surface area contributed by atoms with Gasteiger partial charge in [-0.25, -0.2) is 4.39 Å². The molecule has 0 N–H and O–H groups in total. The molecule has 2 aromatic rings. The van der Waals surface area contributed by atoms with E-state index < -0.39 is 0 Å². The highest BCUT2D eigenvalue weighted by atomic mass is 79.9. The molecule has 0 aliphatic heterocycles. The van der Waals surface area contributed by atoms with E-state index in [-0.39, 0.29) is 10.6 Å². The molecule has 0 aromatic heterocycles. The van der Waals surface area contributed by atoms with Gasteiger partial charge in [-0.3, -0.25) is 0 Å². The minimum Gasteiger partial charge on any atom is -0.207 e. The molecule has 2 aromatic carbocycles. The van der Waals surface area contributed by atoms with Crippen molar-refractivity contribution >= 4 is 43.5 Å². The van der Waals surface area contributed by atoms with E-state index in [0.29, 0.717) is 15.1 Å². The fraction of sp³-hybridized carbons (Fsp3) is 0.143. The number of benzene rings is 2. The second kappa shape index (κ2) is 5.72. The van der Waals surface area contributed by atoms with Crippen molar-refractivity contribution in [2.75, 3.05) is 0 Å². The van der Waals surface area contributed by atoms with E-state index in [1.54, 1.807) is 6.07 Å². The van der Waals surface area contributed by atoms with Crippen molar-refractivity contribution in [2.24, 2.45) is 0 Å². The van der Waals surface area contributed by atoms with Crippen molar-refractivity contribution in [2.45, 2.75) is 11.8 Å². The largest absolute Gasteiger partial charge is 0.207 e. The molecule has 0 bridgehead atoms. The molecule has 0 aliphatic rings. The SMILES string of the molecule is Cc1ccccc1C(Br)c1cc(Cl)c(Br)cc1F. The molecule has 0 saturated heterocycles. The highest BCUT2D eigenvalue weighted by Gasteiger charge is 2.18. The van der Waals surface area contributed by atoms with Gasteiger partial charge in [0.05, 0.1) is 9.85 Å². The van der Waals surface area contributed by atoms with Crippen LogP contribution in [-0.4, -0.2) is 0 Å². The summed E-state index contributed by atoms with van der Waals surface area (Å²) < 4.78 is 14.5. The van der Waals surface area contributed by atoms with Crippen LogP contribution in [0.3, 0.4) is 0 Å². The quantitative estimate of drug-likeness (QED) is 0.432. The molecule has 0 nitrogen and oxygen atoms in total. The van der Waals surface area contributed by atoms with Gasteiger partial charge in [-0.05, 0) is 46.1 Å². The molecule has 1 atom stereocenters. The molecule has 1 unspecified atom stereocenters. The van der Waals surface area contributed by atoms with E-state index in [0.717, 1.165) is 11.1 Å². The van der Waals surface area contributed by atoms with Crippen LogP contribution >= 0.6 is 43.5 Å². The summed E-state index contributed by atoms with van der Waals surface area (Å²) in [5.74, 6) is -0.281. The lowest BCUT2D eigenvalue weighted by Crippen LogP contribution is -1.99. The van der Waals surface area contributed by atoms with Gasteiger partial charge in [-0.15, -0.1) is 0 Å². The molecule has 0 aliphatic carbocycles. The minimum atomic E-state index is -0.281. The number of hydrogen-bond acceptors (Lipinski definition) is 0. The summed E-state index contributed by atoms with van der Waals surface area (Å²) in [7, 11) is 0. The van der Waals surface area contributed by atoms with E-state index in [1.165, 1.54) is 6.07 Å². The first-order chi connectivity index (χ1) is 8.50. The third-order valence-corrected chi connectivity index (χ3v) is 4.96. The number of rotatable bonds is 2. The molecule has 4 heteroatoms. The van der Waals surface area contributed by atoms with Gasteiger partial charge >= 0.3 is 0 Å². The van der Waals surface area contributed by atoms with Crippen molar-refractivity contribution in [3.05, 3.63) is 68.4 Å². The Kier molecular flexibility index (Phi) is 4.46. The van der Waals surface area contributed by atoms with Crippen LogP contribution in [0.15, 0.2) is 40.9 Å². The zero-order chi connectivity index (χ0) is 13.3. The molecule has 0 heterocycles. The normalized spacial score (nSPS) is 12.5. The van der Waals surface area contributed by atoms with Crippen molar-refractivity contribution in [3.63, 3.8) is 0 Å². The van der Waals surface area contributed by atoms with Gasteiger partial charge < -0.3 is 0 Å². The van der Waals surface area contributed by atoms with Gasteiger partial charge in [-0.2, -0.15) is 0 Å². The summed E-state index contributed by atoms with van der Waals surface area (Å²) in [6.45, 7) is 2.00. The zero-order valence-electron chi connectivity index (χ0n) is 9.55. The van der Waals surface area contributed by atoms with Crippen LogP contribution in [0.1, 0.15) is 21.5 Å². The summed E-state index contributed by atoms with van der Waals surface area (Å²) in [6, 6.07) is 10.9. The molecule has 0 amide bonds. The Morgan fingerprint density at radius 1 is 1.17 bits per heavy atom. The van der Waals surface area contributed by atoms with Crippen LogP contribution in [0.2, 0.25) is 5.02 Å². The van der Waals surface area contributed by atoms with Gasteiger partial charge in [0.25, 0.3) is 0 Å². The molecular formula is C14H10Br2ClF. The standard InChI is InChI=1S/C14H10Br2ClF/c1-8-4-2-3-5-9(8)14(16)10-6-12(17)11(15)7-13(10)18/h2-7,14H,1H3. The van der Waals surface area contributed by atoms with E-state index in [9.17, 15) is 4.39 Å². The second-order valence-corrected chi connectivity index (χ2v) is 6.18. The van der Waals surface area contributed by atoms with E-state index in [2.05, 4.69) is 31.9 Å². The molecular weight excluding hydrogens is 382 g/mol. The maximum absolute atomic E-state index is 14.0. The molecule has 18 heavy (non-hydrogen) atoms. The maximum Gasteiger partial charge on any atom is 0.129 e. The van der Waals surface area contributed by atoms with Crippen molar-refractivity contribution in [1.29, 1.82) is 0 Å². The van der Waals surface area contributed by atoms with Crippen LogP contribution in [0.5, 0.6) is 0 Å². The first-order valence-corrected chi connectivity index (χ1v) is 7.43. The summed E-state index contributed by atoms with van der Waals surface area (Å²) >= 11 is 12.8. The average molecular weight is 392 g/mol. The predicted molar refractivity (Wildman–Crippen MR) is 81.1 cm³/mol. The highest BCUT2D eigenvalue weighted by Crippen LogP contribution is 2.37. The van der Waals surface area contributed by atoms with Gasteiger partial charge in [-0.1, -0.05) is 51.8 Å². The van der Waals surface area contributed by atoms with Gasteiger partial charge in [0.15, 0.2) is 0 Å². The van der Waals surface area contributed by atoms with Crippen molar-refractivity contribution in [3.8, 4) is 0 Å². The molecule has 0 spiro atoms. The van der Waals surface area contributed by atoms with Crippen LogP contribution in [0.25, 0.3) is 0 Å². The van der Waals surface area contributed by atoms with Crippen LogP contribution in [0, 0.1) is 12.7 Å². The van der Waals surface area contributed by atoms with Crippen LogP contribution in [0.4, 0.5) is 4.39 Å². The Morgan fingerprint density at radius 2 is 1.83 bits per heavy atom. The van der Waals surface area contributed by atoms with Crippen molar-refractivity contribution in [1.82, 2.24) is 0 Å². The lowest BCUT2D eigenvalue weighted by Gasteiger charge is -2.15. The summed E-state index contributed by atoms with van der Waals surface area (Å²) in [5.41, 5.74) is 2.69. The summed E-state index contributed by atoms with van der Waals surface area (Å²) in [6.07, 6.45) is 0. The maximum atomic E-state index is 14.0. The molecule has 2 rings (SSSR count). The van der Waals surface area contributed by atoms with E-state index in [1.807, 2.05) is 31.2 Å². The fourth-order valence-corrected chi connectivity index (χ4v) is 3.12. The minimum absolute atomic E-state index is 0.204. The monoisotopic (exact) mass is 390 g/mol. The highest BCUT2D eigenvalue weighted by molar-refractivity contribution is 9.10. The Labute approximate surface area is 127 Å². The van der Waals surface area contributed by atoms with Crippen LogP contribution in [-0.2, 0) is 0 Å². The second-order valence-electron chi connectivity index (χ2n) is 4.01. The summed E-state index contributed by atoms with van der Waals surface area (Å²) in [4.78, 5) is -0.204. The molecule has 94 valence electrons. The van der Waals surface area contributed by atoms with Crippen molar-refractivity contribution < 1.29 is 4.39 Å². The lowest BCUT2D eigenvalue weighted by atomic mass is 10.0. The number of aryl methyl sites for hydroxylation is 1. The number of halogens is 4. The molecule has 0 saturated carbocycles. The van der Waals surface area contributed by atoms with Gasteiger partial charge in [0, 0.05) is 10.0 Å². The third-order valence-electron chi connectivity index (χ3n) is 2.77. The zero-order valence-corrected chi connectivity index (χ0v) is 13.5. The first-order valence-electron chi connectivity index (χ1n) is 5.34. The topological polar surface area (TPSA) is 0 Å². The fourth-order valence-electron chi connectivity index (χ4n) is 1.77. The molecule has 0 fully saturated rings. The van der Waals surface area contributed by atoms with Crippen LogP contribution < -0.4 is 0 Å². The Bertz CT molecular complexity index is 584. The Morgan fingerprint density at radius 3 is 2.50 bits per heavy atom. The first kappa shape index (κ1) is 14.0. The van der Waals surface area contributed by atoms with E-state index in [4.69, 9.17) is 11.6 Å². The number of alkyl halides is 1. The van der Waals surface area contributed by atoms with Gasteiger partial charge in [0.1, 0.15) is 5.82 Å². The predicted octanol–water partition coefficient (Wildman–Crippen LogP) is 6.03. The lowest BCUT2D eigenvalue weighted by molar-refractivity contribution is 0.612. The smallest absolute Gasteiger partial charge is 0.129 e. The number of hydrogen-bond donors (Lipinski definition) is 0. The molecule has 0 radical (unpaired) electrons. The van der Waals surface area contributed by atoms with E-state index >= 15 is 0 Å².